The van der Waals surface area contributed by atoms with E-state index in [4.69, 9.17) is 11.6 Å². The number of aromatic nitrogens is 3. The monoisotopic (exact) mass is 309 g/mol. The SMILES string of the molecule is CC(=O)/C(C)=C/c1nnn(C2CCCCC2)c1CCCCl. The molecular formula is C16H24ClN3O. The van der Waals surface area contributed by atoms with Gasteiger partial charge < -0.3 is 0 Å². The number of carbonyl (C=O) groups excluding carboxylic acids is 1. The van der Waals surface area contributed by atoms with Crippen molar-refractivity contribution in [3.63, 3.8) is 0 Å². The van der Waals surface area contributed by atoms with Gasteiger partial charge in [-0.05, 0) is 51.2 Å². The minimum atomic E-state index is 0.0745. The first kappa shape index (κ1) is 16.2. The van der Waals surface area contributed by atoms with E-state index in [0.29, 0.717) is 11.9 Å². The van der Waals surface area contributed by atoms with Crippen LogP contribution in [0, 0.1) is 0 Å². The number of rotatable bonds is 6. The van der Waals surface area contributed by atoms with E-state index < -0.39 is 0 Å². The molecule has 1 aromatic heterocycles. The van der Waals surface area contributed by atoms with E-state index in [1.807, 2.05) is 13.0 Å². The fraction of sp³-hybridized carbons (Fsp3) is 0.688. The van der Waals surface area contributed by atoms with Gasteiger partial charge in [0.2, 0.25) is 0 Å². The second kappa shape index (κ2) is 7.74. The van der Waals surface area contributed by atoms with E-state index in [0.717, 1.165) is 29.8 Å². The van der Waals surface area contributed by atoms with Gasteiger partial charge in [-0.1, -0.05) is 24.5 Å². The predicted octanol–water partition coefficient (Wildman–Crippen LogP) is 3.95. The van der Waals surface area contributed by atoms with Gasteiger partial charge in [-0.25, -0.2) is 4.68 Å². The first-order chi connectivity index (χ1) is 10.1. The molecule has 0 amide bonds. The maximum absolute atomic E-state index is 11.4. The topological polar surface area (TPSA) is 47.8 Å². The minimum Gasteiger partial charge on any atom is -0.295 e. The Bertz CT molecular complexity index is 516. The van der Waals surface area contributed by atoms with Crippen molar-refractivity contribution in [2.24, 2.45) is 0 Å². The Kier molecular flexibility index (Phi) is 5.97. The van der Waals surface area contributed by atoms with Gasteiger partial charge in [0.1, 0.15) is 5.69 Å². The number of hydrogen-bond acceptors (Lipinski definition) is 3. The molecule has 0 bridgehead atoms. The van der Waals surface area contributed by atoms with Gasteiger partial charge >= 0.3 is 0 Å². The first-order valence-corrected chi connectivity index (χ1v) is 8.36. The van der Waals surface area contributed by atoms with E-state index >= 15 is 0 Å². The molecule has 0 saturated heterocycles. The van der Waals surface area contributed by atoms with Gasteiger partial charge in [0, 0.05) is 5.88 Å². The van der Waals surface area contributed by atoms with Crippen LogP contribution in [0.25, 0.3) is 6.08 Å². The van der Waals surface area contributed by atoms with Gasteiger partial charge in [-0.15, -0.1) is 16.7 Å². The summed E-state index contributed by atoms with van der Waals surface area (Å²) in [5, 5.41) is 8.68. The molecule has 1 heterocycles. The summed E-state index contributed by atoms with van der Waals surface area (Å²) in [7, 11) is 0. The van der Waals surface area contributed by atoms with Gasteiger partial charge in [-0.3, -0.25) is 4.79 Å². The van der Waals surface area contributed by atoms with Gasteiger partial charge in [0.25, 0.3) is 0 Å². The molecule has 1 saturated carbocycles. The molecule has 0 N–H and O–H groups in total. The Balaban J connectivity index is 2.30. The third-order valence-electron chi connectivity index (χ3n) is 4.20. The van der Waals surface area contributed by atoms with Gasteiger partial charge in [-0.2, -0.15) is 0 Å². The average molecular weight is 310 g/mol. The second-order valence-corrected chi connectivity index (χ2v) is 6.21. The Hall–Kier alpha value is -1.16. The summed E-state index contributed by atoms with van der Waals surface area (Å²) in [6, 6.07) is 0.455. The lowest BCUT2D eigenvalue weighted by atomic mass is 9.95. The Morgan fingerprint density at radius 3 is 2.67 bits per heavy atom. The van der Waals surface area contributed by atoms with Crippen LogP contribution in [0.2, 0.25) is 0 Å². The molecule has 0 aromatic carbocycles. The second-order valence-electron chi connectivity index (χ2n) is 5.83. The number of carbonyl (C=O) groups is 1. The zero-order chi connectivity index (χ0) is 15.2. The summed E-state index contributed by atoms with van der Waals surface area (Å²) < 4.78 is 2.09. The van der Waals surface area contributed by atoms with E-state index in [9.17, 15) is 4.79 Å². The fourth-order valence-electron chi connectivity index (χ4n) is 2.84. The zero-order valence-electron chi connectivity index (χ0n) is 12.9. The van der Waals surface area contributed by atoms with Crippen LogP contribution in [-0.2, 0) is 11.2 Å². The molecule has 0 unspecified atom stereocenters. The molecule has 5 heteroatoms. The van der Waals surface area contributed by atoms with Crippen LogP contribution in [-0.4, -0.2) is 26.7 Å². The number of nitrogens with zero attached hydrogens (tertiary/aromatic N) is 3. The highest BCUT2D eigenvalue weighted by molar-refractivity contribution is 6.17. The average Bonchev–Trinajstić information content (AvgIpc) is 2.88. The summed E-state index contributed by atoms with van der Waals surface area (Å²) in [6.45, 7) is 3.41. The molecule has 1 fully saturated rings. The molecule has 1 aliphatic carbocycles. The van der Waals surface area contributed by atoms with E-state index in [2.05, 4.69) is 15.0 Å². The quantitative estimate of drug-likeness (QED) is 0.590. The third-order valence-corrected chi connectivity index (χ3v) is 4.46. The molecule has 1 aliphatic rings. The van der Waals surface area contributed by atoms with Crippen molar-refractivity contribution in [3.8, 4) is 0 Å². The van der Waals surface area contributed by atoms with E-state index in [1.54, 1.807) is 6.92 Å². The summed E-state index contributed by atoms with van der Waals surface area (Å²) in [5.41, 5.74) is 2.68. The Labute approximate surface area is 131 Å². The highest BCUT2D eigenvalue weighted by Crippen LogP contribution is 2.29. The van der Waals surface area contributed by atoms with Gasteiger partial charge in [0.05, 0.1) is 11.7 Å². The number of ketones is 1. The van der Waals surface area contributed by atoms with E-state index in [-0.39, 0.29) is 5.78 Å². The summed E-state index contributed by atoms with van der Waals surface area (Å²) in [4.78, 5) is 11.4. The summed E-state index contributed by atoms with van der Waals surface area (Å²) >= 11 is 5.85. The van der Waals surface area contributed by atoms with Crippen LogP contribution in [0.1, 0.15) is 69.8 Å². The third kappa shape index (κ3) is 4.16. The Morgan fingerprint density at radius 2 is 2.05 bits per heavy atom. The smallest absolute Gasteiger partial charge is 0.155 e. The van der Waals surface area contributed by atoms with Crippen molar-refractivity contribution in [2.45, 2.75) is 64.8 Å². The lowest BCUT2D eigenvalue weighted by Gasteiger charge is -2.23. The highest BCUT2D eigenvalue weighted by atomic mass is 35.5. The molecular weight excluding hydrogens is 286 g/mol. The van der Waals surface area contributed by atoms with Crippen LogP contribution < -0.4 is 0 Å². The molecule has 0 radical (unpaired) electrons. The number of halogens is 1. The van der Waals surface area contributed by atoms with Crippen LogP contribution in [0.15, 0.2) is 5.57 Å². The fourth-order valence-corrected chi connectivity index (χ4v) is 2.97. The van der Waals surface area contributed by atoms with Crippen LogP contribution in [0.5, 0.6) is 0 Å². The van der Waals surface area contributed by atoms with E-state index in [1.165, 1.54) is 32.1 Å². The molecule has 1 aromatic rings. The maximum atomic E-state index is 11.4. The first-order valence-electron chi connectivity index (χ1n) is 7.82. The van der Waals surface area contributed by atoms with Crippen molar-refractivity contribution in [2.75, 3.05) is 5.88 Å². The number of hydrogen-bond donors (Lipinski definition) is 0. The number of allylic oxidation sites excluding steroid dienone is 1. The predicted molar refractivity (Wildman–Crippen MR) is 85.5 cm³/mol. The maximum Gasteiger partial charge on any atom is 0.155 e. The molecule has 21 heavy (non-hydrogen) atoms. The summed E-state index contributed by atoms with van der Waals surface area (Å²) in [5.74, 6) is 0.704. The molecule has 116 valence electrons. The van der Waals surface area contributed by atoms with Crippen molar-refractivity contribution < 1.29 is 4.79 Å². The van der Waals surface area contributed by atoms with Crippen molar-refractivity contribution >= 4 is 23.5 Å². The molecule has 0 aliphatic heterocycles. The normalized spacial score (nSPS) is 17.2. The van der Waals surface area contributed by atoms with Gasteiger partial charge in [0.15, 0.2) is 5.78 Å². The lowest BCUT2D eigenvalue weighted by molar-refractivity contribution is -0.113. The molecule has 0 spiro atoms. The molecule has 2 rings (SSSR count). The number of Topliss-reactive ketones (excluding diaryl/α,β-unsaturated/α-hetero) is 1. The van der Waals surface area contributed by atoms with Crippen molar-refractivity contribution in [1.29, 1.82) is 0 Å². The Morgan fingerprint density at radius 1 is 1.33 bits per heavy atom. The zero-order valence-corrected chi connectivity index (χ0v) is 13.7. The van der Waals surface area contributed by atoms with Crippen LogP contribution >= 0.6 is 11.6 Å². The van der Waals surface area contributed by atoms with Crippen molar-refractivity contribution in [3.05, 3.63) is 17.0 Å². The van der Waals surface area contributed by atoms with Crippen LogP contribution in [0.4, 0.5) is 0 Å². The minimum absolute atomic E-state index is 0.0745. The van der Waals surface area contributed by atoms with Crippen LogP contribution in [0.3, 0.4) is 0 Å². The summed E-state index contributed by atoms with van der Waals surface area (Å²) in [6.07, 6.45) is 9.81. The standard InChI is InChI=1S/C16H24ClN3O/c1-12(13(2)21)11-15-16(9-6-10-17)20(19-18-15)14-7-4-3-5-8-14/h11,14H,3-10H2,1-2H3/b12-11+. The molecule has 4 nitrogen and oxygen atoms in total. The van der Waals surface area contributed by atoms with Crippen molar-refractivity contribution in [1.82, 2.24) is 15.0 Å². The lowest BCUT2D eigenvalue weighted by Crippen LogP contribution is -2.17. The number of alkyl halides is 1. The molecule has 0 atom stereocenters. The largest absolute Gasteiger partial charge is 0.295 e. The highest BCUT2D eigenvalue weighted by Gasteiger charge is 2.21.